The molecule has 4 heteroatoms. The molecule has 0 amide bonds. The van der Waals surface area contributed by atoms with Crippen molar-refractivity contribution < 1.29 is 9.90 Å². The van der Waals surface area contributed by atoms with E-state index in [1.165, 1.54) is 38.2 Å². The number of carboxylic acid groups (broad SMARTS) is 1. The SMILES string of the molecule is C/C(=N/NCCC1=CCCCC1)C(=O)O. The highest BCUT2D eigenvalue weighted by Crippen LogP contribution is 2.19. The van der Waals surface area contributed by atoms with Crippen molar-refractivity contribution in [2.24, 2.45) is 5.10 Å². The number of rotatable bonds is 5. The van der Waals surface area contributed by atoms with Gasteiger partial charge >= 0.3 is 5.97 Å². The standard InChI is InChI=1S/C11H18N2O2/c1-9(11(14)15)13-12-8-7-10-5-3-2-4-6-10/h5,12H,2-4,6-8H2,1H3,(H,14,15)/b13-9-. The number of hydrogen-bond donors (Lipinski definition) is 2. The summed E-state index contributed by atoms with van der Waals surface area (Å²) in [5, 5.41) is 12.3. The summed E-state index contributed by atoms with van der Waals surface area (Å²) in [6.07, 6.45) is 8.21. The molecule has 0 aromatic heterocycles. The molecule has 2 N–H and O–H groups in total. The molecule has 0 saturated carbocycles. The van der Waals surface area contributed by atoms with Crippen LogP contribution in [0.15, 0.2) is 16.8 Å². The highest BCUT2D eigenvalue weighted by molar-refractivity contribution is 6.34. The van der Waals surface area contributed by atoms with E-state index in [1.807, 2.05) is 0 Å². The Morgan fingerprint density at radius 2 is 2.40 bits per heavy atom. The third kappa shape index (κ3) is 4.63. The van der Waals surface area contributed by atoms with Crippen LogP contribution in [0.4, 0.5) is 0 Å². The molecular weight excluding hydrogens is 192 g/mol. The van der Waals surface area contributed by atoms with Crippen LogP contribution >= 0.6 is 0 Å². The van der Waals surface area contributed by atoms with Crippen molar-refractivity contribution in [3.05, 3.63) is 11.6 Å². The Morgan fingerprint density at radius 3 is 3.00 bits per heavy atom. The first-order valence-corrected chi connectivity index (χ1v) is 5.38. The van der Waals surface area contributed by atoms with E-state index >= 15 is 0 Å². The summed E-state index contributed by atoms with van der Waals surface area (Å²) in [5.74, 6) is -0.973. The Kier molecular flexibility index (Phi) is 4.87. The molecule has 0 aromatic rings. The van der Waals surface area contributed by atoms with Gasteiger partial charge in [-0.15, -0.1) is 0 Å². The van der Waals surface area contributed by atoms with Crippen molar-refractivity contribution in [3.8, 4) is 0 Å². The van der Waals surface area contributed by atoms with E-state index in [-0.39, 0.29) is 5.71 Å². The topological polar surface area (TPSA) is 61.7 Å². The lowest BCUT2D eigenvalue weighted by Crippen LogP contribution is -2.16. The molecule has 0 aromatic carbocycles. The molecular formula is C11H18N2O2. The quantitative estimate of drug-likeness (QED) is 0.315. The fourth-order valence-electron chi connectivity index (χ4n) is 1.57. The highest BCUT2D eigenvalue weighted by Gasteiger charge is 2.03. The molecule has 0 radical (unpaired) electrons. The van der Waals surface area contributed by atoms with E-state index in [1.54, 1.807) is 0 Å². The zero-order valence-electron chi connectivity index (χ0n) is 9.12. The first kappa shape index (κ1) is 11.8. The van der Waals surface area contributed by atoms with Crippen LogP contribution < -0.4 is 5.43 Å². The molecule has 4 nitrogen and oxygen atoms in total. The van der Waals surface area contributed by atoms with Gasteiger partial charge in [-0.3, -0.25) is 0 Å². The molecule has 0 heterocycles. The molecule has 0 spiro atoms. The van der Waals surface area contributed by atoms with Crippen molar-refractivity contribution in [2.75, 3.05) is 6.54 Å². The molecule has 0 bridgehead atoms. The number of carbonyl (C=O) groups is 1. The molecule has 1 aliphatic carbocycles. The molecule has 0 aliphatic heterocycles. The maximum absolute atomic E-state index is 10.4. The second-order valence-corrected chi connectivity index (χ2v) is 3.77. The molecule has 0 saturated heterocycles. The first-order chi connectivity index (χ1) is 7.20. The summed E-state index contributed by atoms with van der Waals surface area (Å²) in [5.41, 5.74) is 4.35. The van der Waals surface area contributed by atoms with Crippen LogP contribution in [0.5, 0.6) is 0 Å². The van der Waals surface area contributed by atoms with Crippen molar-refractivity contribution in [3.63, 3.8) is 0 Å². The van der Waals surface area contributed by atoms with Gasteiger partial charge in [-0.05, 0) is 39.0 Å². The number of hydrogen-bond acceptors (Lipinski definition) is 3. The predicted molar refractivity (Wildman–Crippen MR) is 59.9 cm³/mol. The van der Waals surface area contributed by atoms with Crippen molar-refractivity contribution in [1.82, 2.24) is 5.43 Å². The van der Waals surface area contributed by atoms with Gasteiger partial charge in [0.2, 0.25) is 0 Å². The van der Waals surface area contributed by atoms with Gasteiger partial charge in [-0.1, -0.05) is 11.6 Å². The largest absolute Gasteiger partial charge is 0.477 e. The van der Waals surface area contributed by atoms with Crippen LogP contribution in [-0.2, 0) is 4.79 Å². The molecule has 1 rings (SSSR count). The summed E-state index contributed by atoms with van der Waals surface area (Å²) in [6.45, 7) is 2.20. The minimum Gasteiger partial charge on any atom is -0.477 e. The summed E-state index contributed by atoms with van der Waals surface area (Å²) in [7, 11) is 0. The zero-order chi connectivity index (χ0) is 11.1. The second-order valence-electron chi connectivity index (χ2n) is 3.77. The average Bonchev–Trinajstić information content (AvgIpc) is 2.25. The summed E-state index contributed by atoms with van der Waals surface area (Å²) in [4.78, 5) is 10.4. The third-order valence-electron chi connectivity index (χ3n) is 2.50. The number of allylic oxidation sites excluding steroid dienone is 1. The number of hydrazone groups is 1. The Bertz CT molecular complexity index is 282. The monoisotopic (exact) mass is 210 g/mol. The summed E-state index contributed by atoms with van der Waals surface area (Å²) < 4.78 is 0. The number of aliphatic carboxylic acids is 1. The summed E-state index contributed by atoms with van der Waals surface area (Å²) >= 11 is 0. The molecule has 0 fully saturated rings. The van der Waals surface area contributed by atoms with Crippen LogP contribution in [0, 0.1) is 0 Å². The van der Waals surface area contributed by atoms with Crippen molar-refractivity contribution in [2.45, 2.75) is 39.0 Å². The highest BCUT2D eigenvalue weighted by atomic mass is 16.4. The second kappa shape index (κ2) is 6.22. The molecule has 0 atom stereocenters. The van der Waals surface area contributed by atoms with Crippen LogP contribution in [0.1, 0.15) is 39.0 Å². The Labute approximate surface area is 90.1 Å². The molecule has 15 heavy (non-hydrogen) atoms. The van der Waals surface area contributed by atoms with Gasteiger partial charge in [0.25, 0.3) is 0 Å². The minimum absolute atomic E-state index is 0.104. The normalized spacial score (nSPS) is 17.1. The predicted octanol–water partition coefficient (Wildman–Crippen LogP) is 1.93. The zero-order valence-corrected chi connectivity index (χ0v) is 9.12. The van der Waals surface area contributed by atoms with E-state index in [9.17, 15) is 4.79 Å². The van der Waals surface area contributed by atoms with Gasteiger partial charge in [-0.2, -0.15) is 5.10 Å². The fourth-order valence-corrected chi connectivity index (χ4v) is 1.57. The third-order valence-corrected chi connectivity index (χ3v) is 2.50. The van der Waals surface area contributed by atoms with E-state index in [0.29, 0.717) is 0 Å². The van der Waals surface area contributed by atoms with Gasteiger partial charge in [0.05, 0.1) is 0 Å². The molecule has 84 valence electrons. The number of carboxylic acids is 1. The number of nitrogens with one attached hydrogen (secondary N) is 1. The maximum Gasteiger partial charge on any atom is 0.351 e. The Hall–Kier alpha value is -1.32. The van der Waals surface area contributed by atoms with Gasteiger partial charge in [0, 0.05) is 6.54 Å². The maximum atomic E-state index is 10.4. The van der Waals surface area contributed by atoms with Gasteiger partial charge < -0.3 is 10.5 Å². The van der Waals surface area contributed by atoms with Crippen molar-refractivity contribution in [1.29, 1.82) is 0 Å². The van der Waals surface area contributed by atoms with Crippen LogP contribution in [-0.4, -0.2) is 23.3 Å². The fraction of sp³-hybridized carbons (Fsp3) is 0.636. The average molecular weight is 210 g/mol. The van der Waals surface area contributed by atoms with Crippen LogP contribution in [0.25, 0.3) is 0 Å². The van der Waals surface area contributed by atoms with Crippen LogP contribution in [0.2, 0.25) is 0 Å². The van der Waals surface area contributed by atoms with E-state index < -0.39 is 5.97 Å². The van der Waals surface area contributed by atoms with E-state index in [4.69, 9.17) is 5.11 Å². The lowest BCUT2D eigenvalue weighted by molar-refractivity contribution is -0.129. The Balaban J connectivity index is 2.18. The first-order valence-electron chi connectivity index (χ1n) is 5.38. The smallest absolute Gasteiger partial charge is 0.351 e. The molecule has 0 unspecified atom stereocenters. The van der Waals surface area contributed by atoms with E-state index in [2.05, 4.69) is 16.6 Å². The Morgan fingerprint density at radius 1 is 1.60 bits per heavy atom. The van der Waals surface area contributed by atoms with Gasteiger partial charge in [0.15, 0.2) is 0 Å². The van der Waals surface area contributed by atoms with Crippen molar-refractivity contribution >= 4 is 11.7 Å². The lowest BCUT2D eigenvalue weighted by atomic mass is 9.97. The summed E-state index contributed by atoms with van der Waals surface area (Å²) in [6, 6.07) is 0. The number of nitrogens with zero attached hydrogens (tertiary/aromatic N) is 1. The molecule has 1 aliphatic rings. The minimum atomic E-state index is -0.973. The van der Waals surface area contributed by atoms with Gasteiger partial charge in [0.1, 0.15) is 5.71 Å². The lowest BCUT2D eigenvalue weighted by Gasteiger charge is -2.11. The van der Waals surface area contributed by atoms with Gasteiger partial charge in [-0.25, -0.2) is 4.79 Å². The van der Waals surface area contributed by atoms with E-state index in [0.717, 1.165) is 13.0 Å². The van der Waals surface area contributed by atoms with Crippen LogP contribution in [0.3, 0.4) is 0 Å².